The second kappa shape index (κ2) is 8.44. The molecule has 3 aromatic rings. The zero-order valence-electron chi connectivity index (χ0n) is 14.2. The van der Waals surface area contributed by atoms with Gasteiger partial charge in [0.1, 0.15) is 0 Å². The lowest BCUT2D eigenvalue weighted by Gasteiger charge is -2.04. The zero-order valence-corrected chi connectivity index (χ0v) is 14.2. The summed E-state index contributed by atoms with van der Waals surface area (Å²) < 4.78 is 0. The third-order valence-electron chi connectivity index (χ3n) is 3.75. The van der Waals surface area contributed by atoms with Crippen molar-refractivity contribution in [3.63, 3.8) is 0 Å². The Morgan fingerprint density at radius 3 is 2.08 bits per heavy atom. The third-order valence-corrected chi connectivity index (χ3v) is 3.75. The number of carbonyl (C=O) groups is 1. The van der Waals surface area contributed by atoms with Crippen LogP contribution in [0.1, 0.15) is 21.5 Å². The molecule has 3 aromatic carbocycles. The summed E-state index contributed by atoms with van der Waals surface area (Å²) >= 11 is 0. The first-order valence-electron chi connectivity index (χ1n) is 8.24. The summed E-state index contributed by atoms with van der Waals surface area (Å²) in [7, 11) is 0. The molecule has 0 unspecified atom stereocenters. The van der Waals surface area contributed by atoms with Crippen molar-refractivity contribution in [1.82, 2.24) is 5.43 Å². The Bertz CT molecular complexity index is 915. The molecule has 4 nitrogen and oxygen atoms in total. The molecule has 0 atom stereocenters. The highest BCUT2D eigenvalue weighted by molar-refractivity contribution is 6.11. The molecule has 3 N–H and O–H groups in total. The minimum Gasteiger partial charge on any atom is -0.399 e. The number of amides is 1. The maximum absolute atomic E-state index is 12.3. The van der Waals surface area contributed by atoms with E-state index in [2.05, 4.69) is 10.5 Å². The second-order valence-electron chi connectivity index (χ2n) is 5.67. The maximum atomic E-state index is 12.3. The Morgan fingerprint density at radius 2 is 1.42 bits per heavy atom. The van der Waals surface area contributed by atoms with E-state index in [9.17, 15) is 4.79 Å². The Balaban J connectivity index is 1.83. The number of nitrogens with two attached hydrogens (primary N) is 1. The number of carbonyl (C=O) groups excluding carboxylic acids is 1. The van der Waals surface area contributed by atoms with Crippen molar-refractivity contribution < 1.29 is 4.79 Å². The van der Waals surface area contributed by atoms with E-state index < -0.39 is 0 Å². The van der Waals surface area contributed by atoms with Crippen LogP contribution in [0, 0.1) is 0 Å². The van der Waals surface area contributed by atoms with Crippen molar-refractivity contribution in [3.8, 4) is 0 Å². The van der Waals surface area contributed by atoms with Gasteiger partial charge in [-0.1, -0.05) is 66.7 Å². The molecular weight excluding hydrogens is 322 g/mol. The number of hydrazone groups is 1. The number of nitrogens with one attached hydrogen (secondary N) is 1. The smallest absolute Gasteiger partial charge is 0.271 e. The quantitative estimate of drug-likeness (QED) is 0.416. The van der Waals surface area contributed by atoms with Crippen LogP contribution in [0.3, 0.4) is 0 Å². The second-order valence-corrected chi connectivity index (χ2v) is 5.67. The number of allylic oxidation sites excluding steroid dienone is 1. The highest BCUT2D eigenvalue weighted by Crippen LogP contribution is 2.08. The average molecular weight is 341 g/mol. The van der Waals surface area contributed by atoms with Crippen LogP contribution in [-0.2, 0) is 0 Å². The molecule has 0 saturated heterocycles. The van der Waals surface area contributed by atoms with Crippen molar-refractivity contribution in [2.75, 3.05) is 5.73 Å². The van der Waals surface area contributed by atoms with Crippen molar-refractivity contribution in [1.29, 1.82) is 0 Å². The summed E-state index contributed by atoms with van der Waals surface area (Å²) in [6.45, 7) is 0. The molecule has 0 aliphatic heterocycles. The summed E-state index contributed by atoms with van der Waals surface area (Å²) in [5.74, 6) is -0.286. The van der Waals surface area contributed by atoms with Gasteiger partial charge in [-0.2, -0.15) is 5.10 Å². The van der Waals surface area contributed by atoms with Crippen molar-refractivity contribution >= 4 is 23.4 Å². The van der Waals surface area contributed by atoms with Crippen LogP contribution >= 0.6 is 0 Å². The van der Waals surface area contributed by atoms with E-state index in [0.717, 1.165) is 11.1 Å². The molecule has 0 aliphatic rings. The Labute approximate surface area is 152 Å². The summed E-state index contributed by atoms with van der Waals surface area (Å²) in [4.78, 5) is 12.3. The monoisotopic (exact) mass is 341 g/mol. The largest absolute Gasteiger partial charge is 0.399 e. The molecule has 26 heavy (non-hydrogen) atoms. The fourth-order valence-electron chi connectivity index (χ4n) is 2.36. The maximum Gasteiger partial charge on any atom is 0.271 e. The van der Waals surface area contributed by atoms with Gasteiger partial charge in [0.2, 0.25) is 0 Å². The van der Waals surface area contributed by atoms with Crippen LogP contribution in [-0.4, -0.2) is 11.6 Å². The molecule has 0 aliphatic carbocycles. The van der Waals surface area contributed by atoms with E-state index >= 15 is 0 Å². The molecule has 4 heteroatoms. The van der Waals surface area contributed by atoms with Gasteiger partial charge in [0.05, 0.1) is 5.71 Å². The van der Waals surface area contributed by atoms with Gasteiger partial charge in [-0.25, -0.2) is 5.43 Å². The highest BCUT2D eigenvalue weighted by Gasteiger charge is 2.05. The normalized spacial score (nSPS) is 11.5. The van der Waals surface area contributed by atoms with Gasteiger partial charge in [0, 0.05) is 16.8 Å². The summed E-state index contributed by atoms with van der Waals surface area (Å²) in [5, 5.41) is 4.31. The van der Waals surface area contributed by atoms with Crippen molar-refractivity contribution in [2.45, 2.75) is 0 Å². The van der Waals surface area contributed by atoms with Gasteiger partial charge < -0.3 is 5.73 Å². The molecule has 0 saturated carbocycles. The standard InChI is InChI=1S/C22H19N3O/c23-20-14-12-19(13-15-20)22(26)25-24-21(18-9-5-2-6-10-18)16-11-17-7-3-1-4-8-17/h1-16H,23H2,(H,25,26)/b16-11-,24-21-. The number of rotatable bonds is 5. The first-order chi connectivity index (χ1) is 12.7. The van der Waals surface area contributed by atoms with E-state index in [0.29, 0.717) is 17.0 Å². The first-order valence-corrected chi connectivity index (χ1v) is 8.24. The SMILES string of the molecule is Nc1ccc(C(=O)N/N=C(/C=C\c2ccccc2)c2ccccc2)cc1. The molecule has 3 rings (SSSR count). The molecule has 128 valence electrons. The zero-order chi connectivity index (χ0) is 18.2. The van der Waals surface area contributed by atoms with Crippen molar-refractivity contribution in [2.24, 2.45) is 5.10 Å². The minimum atomic E-state index is -0.286. The lowest BCUT2D eigenvalue weighted by Crippen LogP contribution is -2.19. The third kappa shape index (κ3) is 4.68. The molecule has 1 amide bonds. The van der Waals surface area contributed by atoms with Crippen LogP contribution in [0.4, 0.5) is 5.69 Å². The van der Waals surface area contributed by atoms with E-state index in [1.54, 1.807) is 24.3 Å². The van der Waals surface area contributed by atoms with Gasteiger partial charge in [0.25, 0.3) is 5.91 Å². The van der Waals surface area contributed by atoms with Crippen LogP contribution < -0.4 is 11.2 Å². The van der Waals surface area contributed by atoms with Gasteiger partial charge in [-0.05, 0) is 35.9 Å². The van der Waals surface area contributed by atoms with Gasteiger partial charge in [-0.15, -0.1) is 0 Å². The lowest BCUT2D eigenvalue weighted by atomic mass is 10.1. The van der Waals surface area contributed by atoms with Gasteiger partial charge in [0.15, 0.2) is 0 Å². The first kappa shape index (κ1) is 17.2. The summed E-state index contributed by atoms with van der Waals surface area (Å²) in [6, 6.07) is 26.3. The Hall–Kier alpha value is -3.66. The predicted molar refractivity (Wildman–Crippen MR) is 107 cm³/mol. The van der Waals surface area contributed by atoms with E-state index in [4.69, 9.17) is 5.73 Å². The number of hydrogen-bond donors (Lipinski definition) is 2. The fourth-order valence-corrected chi connectivity index (χ4v) is 2.36. The average Bonchev–Trinajstić information content (AvgIpc) is 2.70. The molecule has 0 aromatic heterocycles. The number of hydrogen-bond acceptors (Lipinski definition) is 3. The number of benzene rings is 3. The number of nitrogens with zero attached hydrogens (tertiary/aromatic N) is 1. The highest BCUT2D eigenvalue weighted by atomic mass is 16.2. The van der Waals surface area contributed by atoms with Gasteiger partial charge >= 0.3 is 0 Å². The minimum absolute atomic E-state index is 0.286. The summed E-state index contributed by atoms with van der Waals surface area (Å²) in [5.41, 5.74) is 12.0. The number of nitrogen functional groups attached to an aromatic ring is 1. The van der Waals surface area contributed by atoms with E-state index in [-0.39, 0.29) is 5.91 Å². The van der Waals surface area contributed by atoms with Crippen LogP contribution in [0.5, 0.6) is 0 Å². The van der Waals surface area contributed by atoms with Crippen molar-refractivity contribution in [3.05, 3.63) is 108 Å². The molecule has 0 fully saturated rings. The molecule has 0 spiro atoms. The Kier molecular flexibility index (Phi) is 5.58. The Morgan fingerprint density at radius 1 is 0.808 bits per heavy atom. The van der Waals surface area contributed by atoms with E-state index in [1.165, 1.54) is 0 Å². The molecule has 0 radical (unpaired) electrons. The van der Waals surface area contributed by atoms with Gasteiger partial charge in [-0.3, -0.25) is 4.79 Å². The summed E-state index contributed by atoms with van der Waals surface area (Å²) in [6.07, 6.45) is 3.84. The molecule has 0 heterocycles. The lowest BCUT2D eigenvalue weighted by molar-refractivity contribution is 0.0955. The van der Waals surface area contributed by atoms with Crippen LogP contribution in [0.15, 0.2) is 96.1 Å². The molecule has 0 bridgehead atoms. The van der Waals surface area contributed by atoms with E-state index in [1.807, 2.05) is 72.8 Å². The number of anilines is 1. The molecular formula is C22H19N3O. The topological polar surface area (TPSA) is 67.5 Å². The van der Waals surface area contributed by atoms with Crippen LogP contribution in [0.2, 0.25) is 0 Å². The predicted octanol–water partition coefficient (Wildman–Crippen LogP) is 4.12. The van der Waals surface area contributed by atoms with Crippen LogP contribution in [0.25, 0.3) is 6.08 Å². The fraction of sp³-hybridized carbons (Fsp3) is 0.